The monoisotopic (exact) mass is 348 g/mol. The van der Waals surface area contributed by atoms with Crippen LogP contribution in [0.25, 0.3) is 22.5 Å². The molecule has 0 aliphatic heterocycles. The fraction of sp³-hybridized carbons (Fsp3) is 0.100. The van der Waals surface area contributed by atoms with Gasteiger partial charge in [0.05, 0.1) is 38.3 Å². The molecule has 132 valence electrons. The van der Waals surface area contributed by atoms with Gasteiger partial charge in [-0.15, -0.1) is 0 Å². The molecule has 26 heavy (non-hydrogen) atoms. The summed E-state index contributed by atoms with van der Waals surface area (Å²) in [5, 5.41) is 0. The molecule has 0 spiro atoms. The maximum atomic E-state index is 5.19. The number of methoxy groups -OCH3 is 2. The highest BCUT2D eigenvalue weighted by Gasteiger charge is 2.10. The average molecular weight is 348 g/mol. The van der Waals surface area contributed by atoms with Gasteiger partial charge in [0.15, 0.2) is 0 Å². The molecule has 4 aromatic rings. The second-order valence-electron chi connectivity index (χ2n) is 5.34. The van der Waals surface area contributed by atoms with Crippen LogP contribution in [-0.2, 0) is 0 Å². The molecule has 0 saturated heterocycles. The predicted molar refractivity (Wildman–Crippen MR) is 101 cm³/mol. The summed E-state index contributed by atoms with van der Waals surface area (Å²) in [7, 11) is 3.32. The van der Waals surface area contributed by atoms with Gasteiger partial charge in [0.25, 0.3) is 0 Å². The lowest BCUT2D eigenvalue weighted by Gasteiger charge is -2.06. The van der Waals surface area contributed by atoms with Crippen molar-refractivity contribution in [1.82, 2.24) is 19.9 Å². The van der Waals surface area contributed by atoms with E-state index in [2.05, 4.69) is 19.9 Å². The minimum atomic E-state index is 0.834. The first-order valence-electron chi connectivity index (χ1n) is 8.07. The van der Waals surface area contributed by atoms with Crippen LogP contribution in [0.5, 0.6) is 11.5 Å². The van der Waals surface area contributed by atoms with Gasteiger partial charge in [-0.25, -0.2) is 9.97 Å². The molecule has 0 atom stereocenters. The van der Waals surface area contributed by atoms with Gasteiger partial charge in [0.2, 0.25) is 0 Å². The van der Waals surface area contributed by atoms with Crippen molar-refractivity contribution >= 4 is 0 Å². The van der Waals surface area contributed by atoms with E-state index in [1.54, 1.807) is 39.3 Å². The number of imidazole rings is 2. The number of H-pyrrole nitrogens is 2. The fourth-order valence-electron chi connectivity index (χ4n) is 2.45. The van der Waals surface area contributed by atoms with Crippen molar-refractivity contribution in [1.29, 1.82) is 0 Å². The quantitative estimate of drug-likeness (QED) is 0.580. The third-order valence-electron chi connectivity index (χ3n) is 3.79. The second kappa shape index (κ2) is 8.53. The Morgan fingerprint density at radius 2 is 1.38 bits per heavy atom. The minimum absolute atomic E-state index is 0.834. The summed E-state index contributed by atoms with van der Waals surface area (Å²) in [6.45, 7) is 0. The zero-order chi connectivity index (χ0) is 18.2. The molecular formula is C20H20N4O2. The number of hydrogen-bond acceptors (Lipinski definition) is 4. The lowest BCUT2D eigenvalue weighted by Crippen LogP contribution is -1.87. The molecule has 4 rings (SSSR count). The number of rotatable bonds is 4. The van der Waals surface area contributed by atoms with Crippen LogP contribution in [0.3, 0.4) is 0 Å². The SMILES string of the molecule is COc1ccc(-c2nc[nH]c2-c2ccc(OC)cc2)cc1.c1c[nH]cn1. The van der Waals surface area contributed by atoms with Crippen molar-refractivity contribution in [2.75, 3.05) is 14.2 Å². The van der Waals surface area contributed by atoms with E-state index in [0.717, 1.165) is 34.0 Å². The van der Waals surface area contributed by atoms with Gasteiger partial charge in [-0.2, -0.15) is 0 Å². The van der Waals surface area contributed by atoms with Gasteiger partial charge >= 0.3 is 0 Å². The Morgan fingerprint density at radius 1 is 0.769 bits per heavy atom. The summed E-state index contributed by atoms with van der Waals surface area (Å²) in [5.74, 6) is 1.67. The normalized spacial score (nSPS) is 9.92. The highest BCUT2D eigenvalue weighted by molar-refractivity contribution is 5.78. The third kappa shape index (κ3) is 4.10. The Morgan fingerprint density at radius 3 is 1.85 bits per heavy atom. The molecule has 2 aromatic carbocycles. The number of benzene rings is 2. The lowest BCUT2D eigenvalue weighted by atomic mass is 10.0. The van der Waals surface area contributed by atoms with Crippen molar-refractivity contribution in [3.63, 3.8) is 0 Å². The standard InChI is InChI=1S/C17H16N2O2.C3H4N2/c1-20-14-7-3-12(4-8-14)16-17(19-11-18-16)13-5-9-15(21-2)10-6-13;1-2-5-3-4-1/h3-11H,1-2H3,(H,18,19);1-3H,(H,4,5). The Kier molecular flexibility index (Phi) is 5.67. The minimum Gasteiger partial charge on any atom is -0.497 e. The number of aromatic nitrogens is 4. The lowest BCUT2D eigenvalue weighted by molar-refractivity contribution is 0.414. The van der Waals surface area contributed by atoms with Crippen molar-refractivity contribution in [2.45, 2.75) is 0 Å². The summed E-state index contributed by atoms with van der Waals surface area (Å²) >= 11 is 0. The van der Waals surface area contributed by atoms with Crippen LogP contribution in [0.2, 0.25) is 0 Å². The fourth-order valence-corrected chi connectivity index (χ4v) is 2.45. The van der Waals surface area contributed by atoms with Gasteiger partial charge in [-0.1, -0.05) is 0 Å². The number of aromatic amines is 2. The predicted octanol–water partition coefficient (Wildman–Crippen LogP) is 4.17. The Labute approximate surface area is 151 Å². The smallest absolute Gasteiger partial charge is 0.118 e. The third-order valence-corrected chi connectivity index (χ3v) is 3.79. The van der Waals surface area contributed by atoms with Gasteiger partial charge in [0, 0.05) is 23.5 Å². The molecule has 0 amide bonds. The molecule has 6 heteroatoms. The highest BCUT2D eigenvalue weighted by atomic mass is 16.5. The second-order valence-corrected chi connectivity index (χ2v) is 5.34. The topological polar surface area (TPSA) is 75.8 Å². The molecule has 2 N–H and O–H groups in total. The van der Waals surface area contributed by atoms with Crippen LogP contribution in [-0.4, -0.2) is 34.2 Å². The molecule has 0 saturated carbocycles. The zero-order valence-corrected chi connectivity index (χ0v) is 14.6. The van der Waals surface area contributed by atoms with Crippen LogP contribution < -0.4 is 9.47 Å². The summed E-state index contributed by atoms with van der Waals surface area (Å²) < 4.78 is 10.4. The van der Waals surface area contributed by atoms with Crippen molar-refractivity contribution in [3.05, 3.63) is 73.6 Å². The average Bonchev–Trinajstić information content (AvgIpc) is 3.43. The van der Waals surface area contributed by atoms with Gasteiger partial charge in [0.1, 0.15) is 11.5 Å². The van der Waals surface area contributed by atoms with Gasteiger partial charge in [-0.3, -0.25) is 0 Å². The molecular weight excluding hydrogens is 328 g/mol. The first-order chi connectivity index (χ1) is 12.8. The van der Waals surface area contributed by atoms with Crippen LogP contribution in [0, 0.1) is 0 Å². The molecule has 6 nitrogen and oxygen atoms in total. The molecule has 2 aromatic heterocycles. The van der Waals surface area contributed by atoms with Crippen LogP contribution in [0.4, 0.5) is 0 Å². The van der Waals surface area contributed by atoms with Crippen molar-refractivity contribution in [3.8, 4) is 34.0 Å². The Bertz CT molecular complexity index is 819. The van der Waals surface area contributed by atoms with E-state index in [-0.39, 0.29) is 0 Å². The van der Waals surface area contributed by atoms with E-state index in [4.69, 9.17) is 9.47 Å². The molecule has 0 aliphatic rings. The van der Waals surface area contributed by atoms with E-state index in [9.17, 15) is 0 Å². The highest BCUT2D eigenvalue weighted by Crippen LogP contribution is 2.30. The van der Waals surface area contributed by atoms with E-state index in [1.807, 2.05) is 48.5 Å². The first kappa shape index (κ1) is 17.3. The van der Waals surface area contributed by atoms with Crippen LogP contribution >= 0.6 is 0 Å². The van der Waals surface area contributed by atoms with Gasteiger partial charge in [-0.05, 0) is 48.5 Å². The number of nitrogens with zero attached hydrogens (tertiary/aromatic N) is 2. The number of hydrogen-bond donors (Lipinski definition) is 2. The zero-order valence-electron chi connectivity index (χ0n) is 14.6. The molecule has 0 fully saturated rings. The van der Waals surface area contributed by atoms with E-state index >= 15 is 0 Å². The van der Waals surface area contributed by atoms with Crippen LogP contribution in [0.15, 0.2) is 73.6 Å². The Balaban J connectivity index is 0.000000339. The molecule has 0 radical (unpaired) electrons. The Hall–Kier alpha value is -3.54. The van der Waals surface area contributed by atoms with Crippen molar-refractivity contribution < 1.29 is 9.47 Å². The van der Waals surface area contributed by atoms with Crippen molar-refractivity contribution in [2.24, 2.45) is 0 Å². The summed E-state index contributed by atoms with van der Waals surface area (Å²) in [4.78, 5) is 14.1. The van der Waals surface area contributed by atoms with Crippen LogP contribution in [0.1, 0.15) is 0 Å². The molecule has 0 bridgehead atoms. The largest absolute Gasteiger partial charge is 0.497 e. The molecule has 2 heterocycles. The van der Waals surface area contributed by atoms with Gasteiger partial charge < -0.3 is 19.4 Å². The summed E-state index contributed by atoms with van der Waals surface area (Å²) in [5.41, 5.74) is 4.02. The number of nitrogens with one attached hydrogen (secondary N) is 2. The first-order valence-corrected chi connectivity index (χ1v) is 8.07. The molecule has 0 unspecified atom stereocenters. The van der Waals surface area contributed by atoms with E-state index in [1.165, 1.54) is 0 Å². The summed E-state index contributed by atoms with van der Waals surface area (Å²) in [6, 6.07) is 15.8. The van der Waals surface area contributed by atoms with E-state index < -0.39 is 0 Å². The maximum Gasteiger partial charge on any atom is 0.118 e. The molecule has 0 aliphatic carbocycles. The van der Waals surface area contributed by atoms with E-state index in [0.29, 0.717) is 0 Å². The maximum absolute atomic E-state index is 5.19. The number of ether oxygens (including phenoxy) is 2. The summed E-state index contributed by atoms with van der Waals surface area (Å²) in [6.07, 6.45) is 6.79.